The maximum atomic E-state index is 12.4. The molecule has 1 spiro atoms. The third-order valence-electron chi connectivity index (χ3n) is 5.33. The second kappa shape index (κ2) is 8.17. The molecule has 0 amide bonds. The molecular weight excluding hydrogens is 398 g/mol. The quantitative estimate of drug-likeness (QED) is 0.487. The van der Waals surface area contributed by atoms with Gasteiger partial charge in [0.05, 0.1) is 23.3 Å². The van der Waals surface area contributed by atoms with Gasteiger partial charge in [-0.1, -0.05) is 0 Å². The molecule has 4 rings (SSSR count). The number of halogens is 2. The first-order valence-electron chi connectivity index (χ1n) is 9.27. The number of hydrogen-bond acceptors (Lipinski definition) is 8. The smallest absolute Gasteiger partial charge is 0.279 e. The van der Waals surface area contributed by atoms with E-state index in [-0.39, 0.29) is 5.41 Å². The lowest BCUT2D eigenvalue weighted by molar-refractivity contribution is 0.114. The van der Waals surface area contributed by atoms with Crippen molar-refractivity contribution in [2.45, 2.75) is 19.3 Å². The van der Waals surface area contributed by atoms with Crippen LogP contribution in [0.1, 0.15) is 18.7 Å². The molecule has 2 aliphatic heterocycles. The van der Waals surface area contributed by atoms with Crippen LogP contribution in [0.15, 0.2) is 24.7 Å². The molecule has 154 valence electrons. The number of aromatic amines is 1. The molecule has 0 atom stereocenters. The monoisotopic (exact) mass is 420 g/mol. The number of aromatic nitrogens is 4. The van der Waals surface area contributed by atoms with Gasteiger partial charge in [0.2, 0.25) is 0 Å². The summed E-state index contributed by atoms with van der Waals surface area (Å²) in [6.07, 6.45) is 5.04. The van der Waals surface area contributed by atoms with Gasteiger partial charge in [-0.3, -0.25) is 10.5 Å². The van der Waals surface area contributed by atoms with Crippen LogP contribution in [0.5, 0.6) is 0 Å². The highest BCUT2D eigenvalue weighted by atomic mass is 32.2. The largest absolute Gasteiger partial charge is 0.355 e. The Labute approximate surface area is 171 Å². The Kier molecular flexibility index (Phi) is 5.61. The Morgan fingerprint density at radius 2 is 2.14 bits per heavy atom. The maximum absolute atomic E-state index is 12.4. The van der Waals surface area contributed by atoms with E-state index in [1.165, 1.54) is 31.0 Å². The van der Waals surface area contributed by atoms with Crippen LogP contribution in [0, 0.1) is 10.8 Å². The van der Waals surface area contributed by atoms with E-state index in [0.717, 1.165) is 44.5 Å². The Morgan fingerprint density at radius 1 is 1.31 bits per heavy atom. The van der Waals surface area contributed by atoms with E-state index in [4.69, 9.17) is 10.5 Å². The highest BCUT2D eigenvalue weighted by molar-refractivity contribution is 7.94. The minimum Gasteiger partial charge on any atom is -0.355 e. The van der Waals surface area contributed by atoms with Crippen molar-refractivity contribution >= 4 is 29.7 Å². The number of anilines is 1. The number of piperidine rings is 1. The van der Waals surface area contributed by atoms with Crippen molar-refractivity contribution in [1.29, 1.82) is 5.41 Å². The van der Waals surface area contributed by atoms with E-state index >= 15 is 0 Å². The molecule has 0 aliphatic carbocycles. The summed E-state index contributed by atoms with van der Waals surface area (Å²) in [7, 11) is 0. The standard InChI is InChI=1S/C18H22F2N8S/c19-17(20)12(21)2-3-15-23-7-14(26-15)13-6-16(25-11-24-13)27-8-18(9-27)4-1-5-28(10-18)29-22/h2-3,6-7,11,17,21H,1,4-5,8-10,22H2,(H,23,26)/b3-2-,21-12?. The summed E-state index contributed by atoms with van der Waals surface area (Å²) in [5.41, 5.74) is 0.857. The van der Waals surface area contributed by atoms with Crippen LogP contribution in [-0.2, 0) is 0 Å². The highest BCUT2D eigenvalue weighted by Crippen LogP contribution is 2.42. The third kappa shape index (κ3) is 4.31. The van der Waals surface area contributed by atoms with Crippen LogP contribution in [0.3, 0.4) is 0 Å². The predicted octanol–water partition coefficient (Wildman–Crippen LogP) is 2.59. The fourth-order valence-corrected chi connectivity index (χ4v) is 4.48. The molecule has 0 radical (unpaired) electrons. The number of imidazole rings is 1. The van der Waals surface area contributed by atoms with Crippen molar-refractivity contribution < 1.29 is 8.78 Å². The fourth-order valence-electron chi connectivity index (χ4n) is 3.90. The van der Waals surface area contributed by atoms with Crippen molar-refractivity contribution in [3.8, 4) is 11.4 Å². The molecule has 2 saturated heterocycles. The third-order valence-corrected chi connectivity index (χ3v) is 5.94. The number of hydrogen-bond donors (Lipinski definition) is 3. The SMILES string of the molecule is N=C(/C=C\c1ncc(-c2cc(N3CC4(CCCN(SN)C4)C3)ncn2)[nH]1)C(F)F. The summed E-state index contributed by atoms with van der Waals surface area (Å²) < 4.78 is 27.0. The van der Waals surface area contributed by atoms with Gasteiger partial charge in [0.15, 0.2) is 0 Å². The van der Waals surface area contributed by atoms with E-state index < -0.39 is 12.1 Å². The molecule has 4 N–H and O–H groups in total. The first-order chi connectivity index (χ1) is 14.0. The van der Waals surface area contributed by atoms with Gasteiger partial charge in [0, 0.05) is 49.8 Å². The van der Waals surface area contributed by atoms with Crippen molar-refractivity contribution in [2.75, 3.05) is 31.1 Å². The van der Waals surface area contributed by atoms with Crippen LogP contribution in [-0.4, -0.2) is 62.6 Å². The molecule has 2 aromatic rings. The number of allylic oxidation sites excluding steroid dienone is 1. The van der Waals surface area contributed by atoms with Crippen LogP contribution < -0.4 is 10.0 Å². The van der Waals surface area contributed by atoms with E-state index in [9.17, 15) is 8.78 Å². The van der Waals surface area contributed by atoms with Crippen LogP contribution in [0.4, 0.5) is 14.6 Å². The number of alkyl halides is 2. The number of nitrogens with one attached hydrogen (secondary N) is 2. The second-order valence-corrected chi connectivity index (χ2v) is 8.19. The summed E-state index contributed by atoms with van der Waals surface area (Å²) in [4.78, 5) is 18.1. The first kappa shape index (κ1) is 19.9. The average Bonchev–Trinajstić information content (AvgIpc) is 3.19. The molecule has 11 heteroatoms. The molecule has 2 aromatic heterocycles. The van der Waals surface area contributed by atoms with Crippen LogP contribution >= 0.6 is 12.1 Å². The second-order valence-electron chi connectivity index (χ2n) is 7.46. The zero-order valence-electron chi connectivity index (χ0n) is 15.7. The zero-order chi connectivity index (χ0) is 20.4. The van der Waals surface area contributed by atoms with E-state index in [2.05, 4.69) is 29.1 Å². The Hall–Kier alpha value is -2.37. The lowest BCUT2D eigenvalue weighted by Gasteiger charge is -2.54. The van der Waals surface area contributed by atoms with Crippen LogP contribution in [0.2, 0.25) is 0 Å². The number of nitrogens with two attached hydrogens (primary N) is 1. The summed E-state index contributed by atoms with van der Waals surface area (Å²) in [5, 5.41) is 12.9. The number of rotatable bonds is 6. The lowest BCUT2D eigenvalue weighted by atomic mass is 9.74. The van der Waals surface area contributed by atoms with Gasteiger partial charge in [-0.2, -0.15) is 0 Å². The summed E-state index contributed by atoms with van der Waals surface area (Å²) in [6, 6.07) is 1.90. The van der Waals surface area contributed by atoms with Gasteiger partial charge in [-0.25, -0.2) is 28.0 Å². The molecule has 0 unspecified atom stereocenters. The Morgan fingerprint density at radius 3 is 2.90 bits per heavy atom. The number of H-pyrrole nitrogens is 1. The van der Waals surface area contributed by atoms with Gasteiger partial charge < -0.3 is 9.88 Å². The fraction of sp³-hybridized carbons (Fsp3) is 0.444. The van der Waals surface area contributed by atoms with Crippen molar-refractivity contribution in [2.24, 2.45) is 10.6 Å². The summed E-state index contributed by atoms with van der Waals surface area (Å²) in [5.74, 6) is 1.24. The van der Waals surface area contributed by atoms with Crippen molar-refractivity contribution in [1.82, 2.24) is 24.2 Å². The molecule has 0 aromatic carbocycles. The average molecular weight is 420 g/mol. The zero-order valence-corrected chi connectivity index (χ0v) is 16.5. The minimum atomic E-state index is -2.80. The Balaban J connectivity index is 1.43. The van der Waals surface area contributed by atoms with Crippen molar-refractivity contribution in [3.63, 3.8) is 0 Å². The highest BCUT2D eigenvalue weighted by Gasteiger charge is 2.46. The van der Waals surface area contributed by atoms with Crippen LogP contribution in [0.25, 0.3) is 17.5 Å². The number of nitrogens with zero attached hydrogens (tertiary/aromatic N) is 5. The van der Waals surface area contributed by atoms with Crippen molar-refractivity contribution in [3.05, 3.63) is 30.5 Å². The van der Waals surface area contributed by atoms with Gasteiger partial charge in [-0.15, -0.1) is 0 Å². The molecule has 0 saturated carbocycles. The van der Waals surface area contributed by atoms with Gasteiger partial charge in [-0.05, 0) is 25.0 Å². The van der Waals surface area contributed by atoms with Gasteiger partial charge >= 0.3 is 0 Å². The predicted molar refractivity (Wildman–Crippen MR) is 110 cm³/mol. The molecule has 8 nitrogen and oxygen atoms in total. The minimum absolute atomic E-state index is 0.275. The molecule has 0 bridgehead atoms. The Bertz CT molecular complexity index is 909. The molecule has 29 heavy (non-hydrogen) atoms. The van der Waals surface area contributed by atoms with Gasteiger partial charge in [0.25, 0.3) is 6.43 Å². The van der Waals surface area contributed by atoms with E-state index in [1.54, 1.807) is 6.20 Å². The lowest BCUT2D eigenvalue weighted by Crippen LogP contribution is -2.62. The van der Waals surface area contributed by atoms with Gasteiger partial charge in [0.1, 0.15) is 18.0 Å². The summed E-state index contributed by atoms with van der Waals surface area (Å²) in [6.45, 7) is 3.90. The summed E-state index contributed by atoms with van der Waals surface area (Å²) >= 11 is 1.32. The normalized spacial score (nSPS) is 19.2. The molecule has 2 aliphatic rings. The topological polar surface area (TPSA) is 111 Å². The first-order valence-corrected chi connectivity index (χ1v) is 10.1. The molecular formula is C18H22F2N8S. The molecule has 2 fully saturated rings. The maximum Gasteiger partial charge on any atom is 0.279 e. The molecule has 4 heterocycles. The van der Waals surface area contributed by atoms with E-state index in [1.807, 2.05) is 6.07 Å². The van der Waals surface area contributed by atoms with E-state index in [0.29, 0.717) is 17.2 Å².